The highest BCUT2D eigenvalue weighted by Gasteiger charge is 2.48. The van der Waals surface area contributed by atoms with Gasteiger partial charge in [-0.15, -0.1) is 11.8 Å². The van der Waals surface area contributed by atoms with Crippen LogP contribution in [0.2, 0.25) is 0 Å². The maximum absolute atomic E-state index is 11.1. The van der Waals surface area contributed by atoms with E-state index in [4.69, 9.17) is 0 Å². The zero-order valence-corrected chi connectivity index (χ0v) is 6.97. The highest BCUT2D eigenvalue weighted by Crippen LogP contribution is 2.32. The first kappa shape index (κ1) is 7.73. The summed E-state index contributed by atoms with van der Waals surface area (Å²) in [4.78, 5) is 33.2. The van der Waals surface area contributed by atoms with Crippen molar-refractivity contribution in [3.8, 4) is 0 Å². The third kappa shape index (κ3) is 0.876. The van der Waals surface area contributed by atoms with Crippen molar-refractivity contribution in [1.29, 1.82) is 0 Å². The summed E-state index contributed by atoms with van der Waals surface area (Å²) in [6.45, 7) is 0. The van der Waals surface area contributed by atoms with Crippen molar-refractivity contribution in [2.45, 2.75) is 5.25 Å². The lowest BCUT2D eigenvalue weighted by atomic mass is 10.1. The van der Waals surface area contributed by atoms with E-state index in [0.29, 0.717) is 5.75 Å². The van der Waals surface area contributed by atoms with Crippen LogP contribution in [0.1, 0.15) is 0 Å². The molecule has 0 aromatic heterocycles. The predicted octanol–water partition coefficient (Wildman–Crippen LogP) is -0.00490. The molecule has 0 aromatic carbocycles. The number of ketones is 3. The number of carbonyl (C=O) groups excluding carboxylic acids is 3. The fourth-order valence-electron chi connectivity index (χ4n) is 1.43. The van der Waals surface area contributed by atoms with E-state index in [-0.39, 0.29) is 0 Å². The van der Waals surface area contributed by atoms with Crippen molar-refractivity contribution in [3.05, 3.63) is 12.2 Å². The van der Waals surface area contributed by atoms with Gasteiger partial charge in [-0.2, -0.15) is 0 Å². The molecule has 4 heteroatoms. The second-order valence-electron chi connectivity index (χ2n) is 2.77. The van der Waals surface area contributed by atoms with Crippen LogP contribution >= 0.6 is 11.8 Å². The molecule has 2 aliphatic rings. The van der Waals surface area contributed by atoms with E-state index in [1.807, 2.05) is 6.08 Å². The monoisotopic (exact) mass is 182 g/mol. The molecule has 1 heterocycles. The average molecular weight is 182 g/mol. The van der Waals surface area contributed by atoms with E-state index in [9.17, 15) is 14.4 Å². The summed E-state index contributed by atoms with van der Waals surface area (Å²) in [5, 5.41) is -0.421. The summed E-state index contributed by atoms with van der Waals surface area (Å²) in [5.74, 6) is -1.62. The zero-order chi connectivity index (χ0) is 8.72. The van der Waals surface area contributed by atoms with Crippen LogP contribution in [0.5, 0.6) is 0 Å². The molecule has 0 N–H and O–H groups in total. The minimum Gasteiger partial charge on any atom is -0.290 e. The first-order valence-electron chi connectivity index (χ1n) is 3.62. The third-order valence-electron chi connectivity index (χ3n) is 2.05. The van der Waals surface area contributed by atoms with Gasteiger partial charge in [0.05, 0.1) is 11.2 Å². The Kier molecular flexibility index (Phi) is 1.65. The molecule has 1 aliphatic carbocycles. The molecule has 0 aromatic rings. The van der Waals surface area contributed by atoms with Crippen LogP contribution in [0.25, 0.3) is 0 Å². The molecule has 0 saturated heterocycles. The Morgan fingerprint density at radius 2 is 2.00 bits per heavy atom. The van der Waals surface area contributed by atoms with Gasteiger partial charge in [0.1, 0.15) is 0 Å². The van der Waals surface area contributed by atoms with E-state index < -0.39 is 28.5 Å². The summed E-state index contributed by atoms with van der Waals surface area (Å²) in [6, 6.07) is 0. The van der Waals surface area contributed by atoms with Gasteiger partial charge in [0.25, 0.3) is 5.78 Å². The van der Waals surface area contributed by atoms with Crippen LogP contribution in [0.15, 0.2) is 12.2 Å². The lowest BCUT2D eigenvalue weighted by Crippen LogP contribution is -2.21. The standard InChI is InChI=1S/C8H6O3S/c9-5-4-2-1-3-12-8(4)7(11)6(5)10/h1-2,4,8H,3H2. The summed E-state index contributed by atoms with van der Waals surface area (Å²) < 4.78 is 0. The van der Waals surface area contributed by atoms with Crippen molar-refractivity contribution in [3.63, 3.8) is 0 Å². The topological polar surface area (TPSA) is 51.2 Å². The lowest BCUT2D eigenvalue weighted by Gasteiger charge is -2.14. The summed E-state index contributed by atoms with van der Waals surface area (Å²) in [5.41, 5.74) is 0. The summed E-state index contributed by atoms with van der Waals surface area (Å²) in [7, 11) is 0. The van der Waals surface area contributed by atoms with Gasteiger partial charge in [0.2, 0.25) is 11.6 Å². The van der Waals surface area contributed by atoms with Crippen molar-refractivity contribution in [2.75, 3.05) is 5.75 Å². The number of fused-ring (bicyclic) bond motifs is 1. The number of carbonyl (C=O) groups is 3. The number of Topliss-reactive ketones (excluding diaryl/α,β-unsaturated/α-hetero) is 3. The summed E-state index contributed by atoms with van der Waals surface area (Å²) in [6.07, 6.45) is 3.50. The Hall–Kier alpha value is -0.900. The van der Waals surface area contributed by atoms with Crippen molar-refractivity contribution in [2.24, 2.45) is 5.92 Å². The number of allylic oxidation sites excluding steroid dienone is 1. The largest absolute Gasteiger partial charge is 0.290 e. The van der Waals surface area contributed by atoms with Gasteiger partial charge in [0, 0.05) is 5.75 Å². The van der Waals surface area contributed by atoms with Gasteiger partial charge in [-0.1, -0.05) is 12.2 Å². The molecule has 2 unspecified atom stereocenters. The van der Waals surface area contributed by atoms with Crippen LogP contribution < -0.4 is 0 Å². The molecule has 1 saturated carbocycles. The van der Waals surface area contributed by atoms with Gasteiger partial charge >= 0.3 is 0 Å². The Bertz CT molecular complexity index is 305. The molecule has 62 valence electrons. The molecule has 0 radical (unpaired) electrons. The molecule has 1 fully saturated rings. The van der Waals surface area contributed by atoms with Crippen molar-refractivity contribution in [1.82, 2.24) is 0 Å². The number of hydrogen-bond acceptors (Lipinski definition) is 4. The maximum atomic E-state index is 11.1. The Morgan fingerprint density at radius 3 is 2.67 bits per heavy atom. The fraction of sp³-hybridized carbons (Fsp3) is 0.375. The molecule has 0 amide bonds. The molecule has 3 nitrogen and oxygen atoms in total. The van der Waals surface area contributed by atoms with Gasteiger partial charge in [-0.05, 0) is 0 Å². The van der Waals surface area contributed by atoms with Crippen LogP contribution in [0.3, 0.4) is 0 Å². The molecular weight excluding hydrogens is 176 g/mol. The molecule has 12 heavy (non-hydrogen) atoms. The van der Waals surface area contributed by atoms with Crippen molar-refractivity contribution >= 4 is 29.1 Å². The minimum absolute atomic E-state index is 0.421. The lowest BCUT2D eigenvalue weighted by molar-refractivity contribution is -0.140. The van der Waals surface area contributed by atoms with E-state index in [1.165, 1.54) is 11.8 Å². The molecule has 0 spiro atoms. The van der Waals surface area contributed by atoms with Gasteiger partial charge in [0.15, 0.2) is 0 Å². The van der Waals surface area contributed by atoms with Crippen LogP contribution in [-0.2, 0) is 14.4 Å². The third-order valence-corrected chi connectivity index (χ3v) is 3.30. The molecular formula is C8H6O3S. The highest BCUT2D eigenvalue weighted by atomic mass is 32.2. The number of rotatable bonds is 0. The second kappa shape index (κ2) is 2.55. The molecule has 1 aliphatic heterocycles. The van der Waals surface area contributed by atoms with E-state index in [0.717, 1.165) is 0 Å². The van der Waals surface area contributed by atoms with Crippen molar-refractivity contribution < 1.29 is 14.4 Å². The number of thioether (sulfide) groups is 1. The Labute approximate surface area is 73.2 Å². The fourth-order valence-corrected chi connectivity index (χ4v) is 2.54. The van der Waals surface area contributed by atoms with E-state index in [2.05, 4.69) is 0 Å². The van der Waals surface area contributed by atoms with Crippen LogP contribution in [0.4, 0.5) is 0 Å². The zero-order valence-electron chi connectivity index (χ0n) is 6.15. The van der Waals surface area contributed by atoms with Crippen LogP contribution in [-0.4, -0.2) is 28.4 Å². The molecule has 2 atom stereocenters. The summed E-state index contributed by atoms with van der Waals surface area (Å²) >= 11 is 1.37. The van der Waals surface area contributed by atoms with Crippen LogP contribution in [0, 0.1) is 5.92 Å². The predicted molar refractivity (Wildman–Crippen MR) is 43.9 cm³/mol. The second-order valence-corrected chi connectivity index (χ2v) is 3.94. The van der Waals surface area contributed by atoms with E-state index in [1.54, 1.807) is 6.08 Å². The normalized spacial score (nSPS) is 34.2. The highest BCUT2D eigenvalue weighted by molar-refractivity contribution is 8.01. The minimum atomic E-state index is -0.816. The van der Waals surface area contributed by atoms with Gasteiger partial charge in [-0.3, -0.25) is 14.4 Å². The SMILES string of the molecule is O=C1C(=O)C2C=CCSC2C1=O. The smallest absolute Gasteiger partial charge is 0.265 e. The van der Waals surface area contributed by atoms with Gasteiger partial charge in [-0.25, -0.2) is 0 Å². The Balaban J connectivity index is 2.41. The number of hydrogen-bond donors (Lipinski definition) is 0. The van der Waals surface area contributed by atoms with Gasteiger partial charge < -0.3 is 0 Å². The molecule has 2 rings (SSSR count). The molecule has 0 bridgehead atoms. The first-order valence-corrected chi connectivity index (χ1v) is 4.67. The maximum Gasteiger partial charge on any atom is 0.265 e. The average Bonchev–Trinajstić information content (AvgIpc) is 2.33. The first-order chi connectivity index (χ1) is 5.72. The van der Waals surface area contributed by atoms with E-state index >= 15 is 0 Å². The Morgan fingerprint density at radius 1 is 1.25 bits per heavy atom. The quantitative estimate of drug-likeness (QED) is 0.390.